The molecule has 21 heavy (non-hydrogen) atoms. The normalized spacial score (nSPS) is 12.6. The van der Waals surface area contributed by atoms with Gasteiger partial charge in [0.15, 0.2) is 0 Å². The molecule has 0 saturated heterocycles. The van der Waals surface area contributed by atoms with E-state index in [9.17, 15) is 0 Å². The highest BCUT2D eigenvalue weighted by molar-refractivity contribution is 5.43. The number of hydrogen-bond acceptors (Lipinski definition) is 2. The summed E-state index contributed by atoms with van der Waals surface area (Å²) < 4.78 is 5.65. The van der Waals surface area contributed by atoms with Gasteiger partial charge in [0.2, 0.25) is 0 Å². The van der Waals surface area contributed by atoms with E-state index in [1.165, 1.54) is 27.8 Å². The van der Waals surface area contributed by atoms with Crippen molar-refractivity contribution in [2.24, 2.45) is 0 Å². The zero-order valence-electron chi connectivity index (χ0n) is 13.9. The van der Waals surface area contributed by atoms with Gasteiger partial charge in [0.05, 0.1) is 12.3 Å². The Bertz CT molecular complexity index is 598. The molecule has 0 fully saturated rings. The molecule has 0 saturated carbocycles. The zero-order valence-corrected chi connectivity index (χ0v) is 13.9. The quantitative estimate of drug-likeness (QED) is 0.820. The van der Waals surface area contributed by atoms with Crippen molar-refractivity contribution >= 4 is 0 Å². The second-order valence-electron chi connectivity index (χ2n) is 5.83. The first-order chi connectivity index (χ1) is 10.1. The molecule has 2 nitrogen and oxygen atoms in total. The highest BCUT2D eigenvalue weighted by atomic mass is 16.3. The van der Waals surface area contributed by atoms with Gasteiger partial charge in [-0.05, 0) is 62.1 Å². The zero-order chi connectivity index (χ0) is 15.4. The summed E-state index contributed by atoms with van der Waals surface area (Å²) in [7, 11) is 0. The van der Waals surface area contributed by atoms with Gasteiger partial charge in [0.25, 0.3) is 0 Å². The van der Waals surface area contributed by atoms with Crippen LogP contribution in [-0.2, 0) is 6.42 Å². The summed E-state index contributed by atoms with van der Waals surface area (Å²) in [5.41, 5.74) is 6.68. The number of nitrogens with one attached hydrogen (secondary N) is 1. The first-order valence-electron chi connectivity index (χ1n) is 7.95. The molecule has 2 aromatic rings. The van der Waals surface area contributed by atoms with E-state index in [4.69, 9.17) is 4.42 Å². The summed E-state index contributed by atoms with van der Waals surface area (Å²) in [4.78, 5) is 0. The molecule has 0 aliphatic carbocycles. The molecule has 0 bridgehead atoms. The van der Waals surface area contributed by atoms with Crippen LogP contribution in [0.15, 0.2) is 28.9 Å². The third kappa shape index (κ3) is 3.38. The second kappa shape index (κ2) is 6.95. The van der Waals surface area contributed by atoms with E-state index in [-0.39, 0.29) is 6.04 Å². The lowest BCUT2D eigenvalue weighted by Crippen LogP contribution is -2.24. The van der Waals surface area contributed by atoms with E-state index >= 15 is 0 Å². The molecule has 114 valence electrons. The van der Waals surface area contributed by atoms with Gasteiger partial charge < -0.3 is 9.73 Å². The number of furan rings is 1. The smallest absolute Gasteiger partial charge is 0.108 e. The maximum atomic E-state index is 5.65. The largest absolute Gasteiger partial charge is 0.469 e. The molecule has 0 spiro atoms. The Morgan fingerprint density at radius 2 is 1.71 bits per heavy atom. The van der Waals surface area contributed by atoms with Crippen LogP contribution in [0, 0.1) is 20.8 Å². The molecule has 2 rings (SSSR count). The summed E-state index contributed by atoms with van der Waals surface area (Å²) in [6.07, 6.45) is 3.86. The minimum atomic E-state index is 0.220. The summed E-state index contributed by atoms with van der Waals surface area (Å²) >= 11 is 0. The fourth-order valence-corrected chi connectivity index (χ4v) is 2.87. The molecule has 2 heteroatoms. The van der Waals surface area contributed by atoms with Crippen LogP contribution in [0.25, 0.3) is 0 Å². The maximum Gasteiger partial charge on any atom is 0.108 e. The van der Waals surface area contributed by atoms with E-state index in [2.05, 4.69) is 58.1 Å². The molecule has 1 aromatic carbocycles. The first-order valence-corrected chi connectivity index (χ1v) is 7.95. The minimum Gasteiger partial charge on any atom is -0.469 e. The van der Waals surface area contributed by atoms with Crippen LogP contribution < -0.4 is 5.32 Å². The number of rotatable bonds is 6. The van der Waals surface area contributed by atoms with Crippen molar-refractivity contribution in [1.29, 1.82) is 0 Å². The van der Waals surface area contributed by atoms with Crippen LogP contribution in [0.4, 0.5) is 0 Å². The van der Waals surface area contributed by atoms with Gasteiger partial charge in [-0.15, -0.1) is 0 Å². The summed E-state index contributed by atoms with van der Waals surface area (Å²) in [6, 6.07) is 6.94. The van der Waals surface area contributed by atoms with Gasteiger partial charge in [-0.1, -0.05) is 26.0 Å². The third-order valence-corrected chi connectivity index (χ3v) is 4.20. The number of benzene rings is 1. The Kier molecular flexibility index (Phi) is 5.24. The predicted octanol–water partition coefficient (Wildman–Crippen LogP) is 4.86. The Morgan fingerprint density at radius 3 is 2.38 bits per heavy atom. The van der Waals surface area contributed by atoms with Crippen LogP contribution in [0.5, 0.6) is 0 Å². The van der Waals surface area contributed by atoms with Crippen LogP contribution in [0.1, 0.15) is 59.9 Å². The molecule has 1 atom stereocenters. The average molecular weight is 285 g/mol. The lowest BCUT2D eigenvalue weighted by atomic mass is 9.91. The van der Waals surface area contributed by atoms with E-state index in [1.807, 2.05) is 6.26 Å². The lowest BCUT2D eigenvalue weighted by Gasteiger charge is -2.22. The predicted molar refractivity (Wildman–Crippen MR) is 88.9 cm³/mol. The van der Waals surface area contributed by atoms with Crippen LogP contribution in [0.2, 0.25) is 0 Å². The maximum absolute atomic E-state index is 5.65. The van der Waals surface area contributed by atoms with Crippen LogP contribution >= 0.6 is 0 Å². The summed E-state index contributed by atoms with van der Waals surface area (Å²) in [6.45, 7) is 11.9. The van der Waals surface area contributed by atoms with E-state index in [0.717, 1.165) is 25.1 Å². The molecule has 0 aliphatic rings. The van der Waals surface area contributed by atoms with Crippen molar-refractivity contribution in [2.75, 3.05) is 6.54 Å². The van der Waals surface area contributed by atoms with Crippen molar-refractivity contribution in [3.8, 4) is 0 Å². The van der Waals surface area contributed by atoms with Crippen molar-refractivity contribution < 1.29 is 4.42 Å². The average Bonchev–Trinajstić information content (AvgIpc) is 2.93. The Morgan fingerprint density at radius 1 is 1.00 bits per heavy atom. The van der Waals surface area contributed by atoms with Gasteiger partial charge >= 0.3 is 0 Å². The highest BCUT2D eigenvalue weighted by Gasteiger charge is 2.20. The lowest BCUT2D eigenvalue weighted by molar-refractivity contribution is 0.499. The molecular formula is C19H27NO. The Hall–Kier alpha value is -1.54. The fourth-order valence-electron chi connectivity index (χ4n) is 2.87. The van der Waals surface area contributed by atoms with Gasteiger partial charge in [-0.2, -0.15) is 0 Å². The minimum absolute atomic E-state index is 0.220. The number of aryl methyl sites for hydroxylation is 4. The SMILES string of the molecule is CCCNC(c1cc(C)c(C)cc1C)c1ccoc1CC. The van der Waals surface area contributed by atoms with Gasteiger partial charge in [-0.25, -0.2) is 0 Å². The molecule has 0 amide bonds. The third-order valence-electron chi connectivity index (χ3n) is 4.20. The van der Waals surface area contributed by atoms with Crippen LogP contribution in [-0.4, -0.2) is 6.54 Å². The van der Waals surface area contributed by atoms with E-state index in [0.29, 0.717) is 0 Å². The van der Waals surface area contributed by atoms with Gasteiger partial charge in [0.1, 0.15) is 5.76 Å². The van der Waals surface area contributed by atoms with E-state index in [1.54, 1.807) is 0 Å². The fraction of sp³-hybridized carbons (Fsp3) is 0.474. The topological polar surface area (TPSA) is 25.2 Å². The first kappa shape index (κ1) is 15.8. The van der Waals surface area contributed by atoms with Crippen molar-refractivity contribution in [3.63, 3.8) is 0 Å². The van der Waals surface area contributed by atoms with Crippen molar-refractivity contribution in [2.45, 2.75) is 53.5 Å². The monoisotopic (exact) mass is 285 g/mol. The Labute approximate surface area is 128 Å². The molecule has 1 aromatic heterocycles. The van der Waals surface area contributed by atoms with Crippen LogP contribution in [0.3, 0.4) is 0 Å². The molecule has 0 radical (unpaired) electrons. The molecule has 1 N–H and O–H groups in total. The van der Waals surface area contributed by atoms with Crippen molar-refractivity contribution in [1.82, 2.24) is 5.32 Å². The second-order valence-corrected chi connectivity index (χ2v) is 5.83. The number of hydrogen-bond donors (Lipinski definition) is 1. The van der Waals surface area contributed by atoms with E-state index < -0.39 is 0 Å². The molecule has 0 aliphatic heterocycles. The molecule has 1 heterocycles. The Balaban J connectivity index is 2.48. The molecule has 1 unspecified atom stereocenters. The van der Waals surface area contributed by atoms with Gasteiger partial charge in [0, 0.05) is 12.0 Å². The standard InChI is InChI=1S/C19H27NO/c1-6-9-20-19(16-8-10-21-18(16)7-2)17-12-14(4)13(3)11-15(17)5/h8,10-12,19-20H,6-7,9H2,1-5H3. The molecular weight excluding hydrogens is 258 g/mol. The van der Waals surface area contributed by atoms with Gasteiger partial charge in [-0.3, -0.25) is 0 Å². The van der Waals surface area contributed by atoms with Crippen molar-refractivity contribution in [3.05, 3.63) is 58.0 Å². The highest BCUT2D eigenvalue weighted by Crippen LogP contribution is 2.30. The summed E-state index contributed by atoms with van der Waals surface area (Å²) in [5, 5.41) is 3.69. The summed E-state index contributed by atoms with van der Waals surface area (Å²) in [5.74, 6) is 1.08.